The zero-order chi connectivity index (χ0) is 47.4. The van der Waals surface area contributed by atoms with Crippen LogP contribution in [0.1, 0.15) is 44.5 Å². The van der Waals surface area contributed by atoms with Crippen molar-refractivity contribution in [2.45, 2.75) is 10.8 Å². The summed E-state index contributed by atoms with van der Waals surface area (Å²) in [5.41, 5.74) is 24.6. The number of anilines is 3. The fraction of sp³-hybridized carbons (Fsp3) is 0.0290. The van der Waals surface area contributed by atoms with Gasteiger partial charge in [-0.25, -0.2) is 4.98 Å². The Bertz CT molecular complexity index is 3890. The van der Waals surface area contributed by atoms with E-state index in [2.05, 4.69) is 266 Å². The lowest BCUT2D eigenvalue weighted by Gasteiger charge is -2.35. The molecule has 0 radical (unpaired) electrons. The highest BCUT2D eigenvalue weighted by Crippen LogP contribution is 2.64. The number of hydrogen-bond acceptors (Lipinski definition) is 3. The zero-order valence-corrected chi connectivity index (χ0v) is 39.2. The molecule has 12 aromatic rings. The molecular formula is C69H44N2O. The minimum atomic E-state index is -0.573. The van der Waals surface area contributed by atoms with Gasteiger partial charge in [0.25, 0.3) is 0 Å². The minimum Gasteiger partial charge on any atom is -0.436 e. The molecule has 0 fully saturated rings. The summed E-state index contributed by atoms with van der Waals surface area (Å²) in [6, 6.07) is 97.9. The van der Waals surface area contributed by atoms with Crippen molar-refractivity contribution in [1.82, 2.24) is 4.98 Å². The largest absolute Gasteiger partial charge is 0.436 e. The molecule has 0 atom stereocenters. The van der Waals surface area contributed by atoms with E-state index in [1.54, 1.807) is 0 Å². The Morgan fingerprint density at radius 1 is 0.292 bits per heavy atom. The summed E-state index contributed by atoms with van der Waals surface area (Å²) in [4.78, 5) is 7.50. The maximum absolute atomic E-state index is 6.76. The second kappa shape index (κ2) is 15.6. The van der Waals surface area contributed by atoms with Gasteiger partial charge in [0.2, 0.25) is 5.89 Å². The number of fused-ring (bicyclic) bond motifs is 14. The van der Waals surface area contributed by atoms with E-state index in [9.17, 15) is 0 Å². The van der Waals surface area contributed by atoms with Crippen molar-refractivity contribution in [3.63, 3.8) is 0 Å². The Balaban J connectivity index is 0.964. The van der Waals surface area contributed by atoms with E-state index in [1.165, 1.54) is 83.5 Å². The van der Waals surface area contributed by atoms with Gasteiger partial charge in [-0.1, -0.05) is 212 Å². The van der Waals surface area contributed by atoms with E-state index < -0.39 is 10.8 Å². The van der Waals surface area contributed by atoms with Gasteiger partial charge in [0.05, 0.1) is 10.8 Å². The predicted octanol–water partition coefficient (Wildman–Crippen LogP) is 17.3. The maximum atomic E-state index is 6.76. The molecule has 1 heterocycles. The molecule has 3 aliphatic rings. The SMILES string of the molecule is c1ccc(-c2ccc(-c3nc4ccc(N(c5ccc6c(c5)C(c5ccccc5)(c5ccccc5)c5ccccc5-6)c5ccc6c(c5)C5(c7ccccc7-c7ccccc75)c5ccccc5-6)cc4o3)cc2)cc1. The third kappa shape index (κ3) is 5.65. The second-order valence-corrected chi connectivity index (χ2v) is 19.3. The molecule has 0 saturated carbocycles. The molecule has 3 heteroatoms. The number of aromatic nitrogens is 1. The first-order valence-corrected chi connectivity index (χ1v) is 24.9. The summed E-state index contributed by atoms with van der Waals surface area (Å²) in [6.45, 7) is 0. The molecule has 0 bridgehead atoms. The predicted molar refractivity (Wildman–Crippen MR) is 293 cm³/mol. The van der Waals surface area contributed by atoms with Gasteiger partial charge < -0.3 is 9.32 Å². The monoisotopic (exact) mass is 916 g/mol. The van der Waals surface area contributed by atoms with Crippen LogP contribution in [0.25, 0.3) is 67.1 Å². The number of benzene rings is 11. The molecule has 0 N–H and O–H groups in total. The van der Waals surface area contributed by atoms with Crippen LogP contribution in [0.4, 0.5) is 17.1 Å². The molecule has 3 nitrogen and oxygen atoms in total. The molecule has 0 aliphatic heterocycles. The Kier molecular flexibility index (Phi) is 8.79. The van der Waals surface area contributed by atoms with Crippen LogP contribution in [0.5, 0.6) is 0 Å². The van der Waals surface area contributed by atoms with Crippen LogP contribution in [-0.2, 0) is 10.8 Å². The summed E-state index contributed by atoms with van der Waals surface area (Å²) in [5.74, 6) is 0.593. The van der Waals surface area contributed by atoms with Crippen molar-refractivity contribution in [2.75, 3.05) is 4.90 Å². The maximum Gasteiger partial charge on any atom is 0.227 e. The standard InChI is InChI=1S/C69H44N2O/c1-4-18-45(19-5-1)46-32-34-47(35-33-46)67-70-65-41-38-52(44-66(65)72-67)71(50-36-39-57-55-26-10-14-28-59(55)68(63(57)42-50,48-20-6-2-7-21-48)49-22-8-3-9-23-49)51-37-40-58-56-27-13-17-31-62(56)69(64(58)43-51)60-29-15-11-24-53(60)54-25-12-16-30-61(54)69/h1-44H. The van der Waals surface area contributed by atoms with Gasteiger partial charge in [0, 0.05) is 28.7 Å². The van der Waals surface area contributed by atoms with Crippen LogP contribution in [0.2, 0.25) is 0 Å². The topological polar surface area (TPSA) is 29.3 Å². The van der Waals surface area contributed by atoms with Gasteiger partial charge in [-0.05, 0) is 138 Å². The van der Waals surface area contributed by atoms with Crippen molar-refractivity contribution in [3.8, 4) is 56.0 Å². The third-order valence-corrected chi connectivity index (χ3v) is 15.8. The summed E-state index contributed by atoms with van der Waals surface area (Å²) in [5, 5.41) is 0. The quantitative estimate of drug-likeness (QED) is 0.160. The molecule has 336 valence electrons. The van der Waals surface area contributed by atoms with E-state index in [1.807, 2.05) is 6.07 Å². The fourth-order valence-electron chi connectivity index (χ4n) is 12.9. The average Bonchev–Trinajstić information content (AvgIpc) is 4.19. The van der Waals surface area contributed by atoms with Gasteiger partial charge in [-0.2, -0.15) is 0 Å². The highest BCUT2D eigenvalue weighted by Gasteiger charge is 2.52. The van der Waals surface area contributed by atoms with Crippen LogP contribution < -0.4 is 4.90 Å². The van der Waals surface area contributed by atoms with Gasteiger partial charge in [-0.15, -0.1) is 0 Å². The Morgan fingerprint density at radius 2 is 0.667 bits per heavy atom. The number of rotatable bonds is 7. The van der Waals surface area contributed by atoms with Gasteiger partial charge >= 0.3 is 0 Å². The molecule has 0 unspecified atom stereocenters. The molecule has 1 aromatic heterocycles. The zero-order valence-electron chi connectivity index (χ0n) is 39.2. The van der Waals surface area contributed by atoms with Gasteiger partial charge in [0.1, 0.15) is 5.52 Å². The van der Waals surface area contributed by atoms with E-state index in [-0.39, 0.29) is 0 Å². The van der Waals surface area contributed by atoms with Crippen molar-refractivity contribution in [2.24, 2.45) is 0 Å². The van der Waals surface area contributed by atoms with Crippen molar-refractivity contribution in [3.05, 3.63) is 311 Å². The Labute approximate surface area is 418 Å². The molecule has 11 aromatic carbocycles. The normalized spacial score (nSPS) is 13.8. The lowest BCUT2D eigenvalue weighted by Crippen LogP contribution is -2.28. The average molecular weight is 917 g/mol. The van der Waals surface area contributed by atoms with Crippen LogP contribution >= 0.6 is 0 Å². The van der Waals surface area contributed by atoms with Crippen LogP contribution in [-0.4, -0.2) is 4.98 Å². The highest BCUT2D eigenvalue weighted by atomic mass is 16.3. The van der Waals surface area contributed by atoms with Crippen molar-refractivity contribution < 1.29 is 4.42 Å². The minimum absolute atomic E-state index is 0.504. The molecule has 72 heavy (non-hydrogen) atoms. The number of nitrogens with zero attached hydrogens (tertiary/aromatic N) is 2. The molecule has 0 saturated heterocycles. The summed E-state index contributed by atoms with van der Waals surface area (Å²) in [6.07, 6.45) is 0. The highest BCUT2D eigenvalue weighted by molar-refractivity contribution is 5.97. The van der Waals surface area contributed by atoms with Crippen LogP contribution in [0.3, 0.4) is 0 Å². The van der Waals surface area contributed by atoms with E-state index in [0.717, 1.165) is 39.3 Å². The van der Waals surface area contributed by atoms with Gasteiger partial charge in [-0.3, -0.25) is 0 Å². The number of oxazole rings is 1. The molecule has 15 rings (SSSR count). The first kappa shape index (κ1) is 40.6. The van der Waals surface area contributed by atoms with Crippen LogP contribution in [0.15, 0.2) is 271 Å². The molecule has 1 spiro atoms. The molecule has 0 amide bonds. The summed E-state index contributed by atoms with van der Waals surface area (Å²) < 4.78 is 6.76. The molecular weight excluding hydrogens is 873 g/mol. The smallest absolute Gasteiger partial charge is 0.227 e. The summed E-state index contributed by atoms with van der Waals surface area (Å²) in [7, 11) is 0. The third-order valence-electron chi connectivity index (χ3n) is 15.8. The van der Waals surface area contributed by atoms with Gasteiger partial charge in [0.15, 0.2) is 5.58 Å². The van der Waals surface area contributed by atoms with E-state index in [4.69, 9.17) is 9.40 Å². The number of hydrogen-bond donors (Lipinski definition) is 0. The lowest BCUT2D eigenvalue weighted by molar-refractivity contribution is 0.620. The van der Waals surface area contributed by atoms with E-state index >= 15 is 0 Å². The first-order valence-electron chi connectivity index (χ1n) is 24.9. The Hall–Kier alpha value is -9.31. The lowest BCUT2D eigenvalue weighted by atomic mass is 9.67. The first-order chi connectivity index (χ1) is 35.7. The fourth-order valence-corrected chi connectivity index (χ4v) is 12.9. The Morgan fingerprint density at radius 3 is 1.18 bits per heavy atom. The van der Waals surface area contributed by atoms with Crippen molar-refractivity contribution >= 4 is 28.2 Å². The van der Waals surface area contributed by atoms with Crippen LogP contribution in [0, 0.1) is 0 Å². The van der Waals surface area contributed by atoms with E-state index in [0.29, 0.717) is 5.89 Å². The summed E-state index contributed by atoms with van der Waals surface area (Å²) >= 11 is 0. The molecule has 3 aliphatic carbocycles. The van der Waals surface area contributed by atoms with Crippen molar-refractivity contribution in [1.29, 1.82) is 0 Å². The second-order valence-electron chi connectivity index (χ2n) is 19.3.